The lowest BCUT2D eigenvalue weighted by atomic mass is 10.2. The van der Waals surface area contributed by atoms with E-state index in [1.807, 2.05) is 0 Å². The summed E-state index contributed by atoms with van der Waals surface area (Å²) in [6, 6.07) is 8.65. The van der Waals surface area contributed by atoms with Gasteiger partial charge in [0, 0.05) is 12.1 Å². The minimum Gasteiger partial charge on any atom is -0.494 e. The first-order valence-corrected chi connectivity index (χ1v) is 6.81. The van der Waals surface area contributed by atoms with Crippen molar-refractivity contribution >= 4 is 11.6 Å². The Morgan fingerprint density at radius 1 is 1.22 bits per heavy atom. The summed E-state index contributed by atoms with van der Waals surface area (Å²) < 4.78 is 42.5. The summed E-state index contributed by atoms with van der Waals surface area (Å²) in [7, 11) is 1.29. The third-order valence-corrected chi connectivity index (χ3v) is 3.30. The van der Waals surface area contributed by atoms with Crippen molar-refractivity contribution in [1.29, 1.82) is 0 Å². The number of rotatable bonds is 3. The number of carbonyl (C=O) groups is 1. The standard InChI is InChI=1S/C16H13F2NO4/c1-21-14-7-10(18)9(17)6-11(14)19-16(20)15-8-22-12-4-2-3-5-13(12)23-15/h2-7,15H,8H2,1H3,(H,19,20). The van der Waals surface area contributed by atoms with Gasteiger partial charge in [0.2, 0.25) is 6.10 Å². The van der Waals surface area contributed by atoms with Crippen molar-refractivity contribution in [1.82, 2.24) is 0 Å². The van der Waals surface area contributed by atoms with Crippen LogP contribution in [0.25, 0.3) is 0 Å². The third kappa shape index (κ3) is 3.03. The van der Waals surface area contributed by atoms with Crippen molar-refractivity contribution in [2.24, 2.45) is 0 Å². The maximum Gasteiger partial charge on any atom is 0.269 e. The molecule has 0 fully saturated rings. The molecule has 0 bridgehead atoms. The van der Waals surface area contributed by atoms with Crippen LogP contribution in [0.5, 0.6) is 17.2 Å². The summed E-state index contributed by atoms with van der Waals surface area (Å²) in [6.45, 7) is 0.00877. The quantitative estimate of drug-likeness (QED) is 0.944. The average molecular weight is 321 g/mol. The van der Waals surface area contributed by atoms with Gasteiger partial charge in [0.05, 0.1) is 12.8 Å². The minimum absolute atomic E-state index is 0.00868. The molecule has 1 unspecified atom stereocenters. The van der Waals surface area contributed by atoms with Gasteiger partial charge in [-0.2, -0.15) is 0 Å². The van der Waals surface area contributed by atoms with Crippen LogP contribution in [0.4, 0.5) is 14.5 Å². The molecule has 0 saturated carbocycles. The van der Waals surface area contributed by atoms with Gasteiger partial charge in [-0.05, 0) is 12.1 Å². The Labute approximate surface area is 130 Å². The first kappa shape index (κ1) is 15.1. The maximum atomic E-state index is 13.3. The van der Waals surface area contributed by atoms with Gasteiger partial charge in [-0.25, -0.2) is 8.78 Å². The Balaban J connectivity index is 1.77. The number of nitrogens with one attached hydrogen (secondary N) is 1. The van der Waals surface area contributed by atoms with Crippen molar-refractivity contribution in [2.75, 3.05) is 19.0 Å². The Bertz CT molecular complexity index is 751. The molecule has 5 nitrogen and oxygen atoms in total. The molecule has 7 heteroatoms. The van der Waals surface area contributed by atoms with Gasteiger partial charge in [0.1, 0.15) is 12.4 Å². The van der Waals surface area contributed by atoms with Gasteiger partial charge >= 0.3 is 0 Å². The van der Waals surface area contributed by atoms with E-state index >= 15 is 0 Å². The van der Waals surface area contributed by atoms with Gasteiger partial charge in [-0.3, -0.25) is 4.79 Å². The highest BCUT2D eigenvalue weighted by molar-refractivity contribution is 5.96. The van der Waals surface area contributed by atoms with Crippen LogP contribution in [0, 0.1) is 11.6 Å². The van der Waals surface area contributed by atoms with Crippen LogP contribution in [0.1, 0.15) is 0 Å². The van der Waals surface area contributed by atoms with Crippen molar-refractivity contribution in [2.45, 2.75) is 6.10 Å². The fourth-order valence-electron chi connectivity index (χ4n) is 2.16. The largest absolute Gasteiger partial charge is 0.494 e. The number of fused-ring (bicyclic) bond motifs is 1. The highest BCUT2D eigenvalue weighted by Crippen LogP contribution is 2.32. The molecule has 0 aromatic heterocycles. The van der Waals surface area contributed by atoms with E-state index in [-0.39, 0.29) is 18.0 Å². The molecule has 0 saturated heterocycles. The predicted octanol–water partition coefficient (Wildman–Crippen LogP) is 2.75. The molecule has 1 N–H and O–H groups in total. The van der Waals surface area contributed by atoms with E-state index in [1.54, 1.807) is 24.3 Å². The molecule has 3 rings (SSSR count). The van der Waals surface area contributed by atoms with Crippen LogP contribution in [0.3, 0.4) is 0 Å². The summed E-state index contributed by atoms with van der Waals surface area (Å²) in [5.41, 5.74) is 0.0128. The molecule has 2 aromatic rings. The lowest BCUT2D eigenvalue weighted by molar-refractivity contribution is -0.125. The Hall–Kier alpha value is -2.83. The molecule has 0 spiro atoms. The molecule has 23 heavy (non-hydrogen) atoms. The third-order valence-electron chi connectivity index (χ3n) is 3.30. The Morgan fingerprint density at radius 2 is 1.91 bits per heavy atom. The zero-order chi connectivity index (χ0) is 16.4. The molecule has 120 valence electrons. The van der Waals surface area contributed by atoms with E-state index < -0.39 is 23.6 Å². The summed E-state index contributed by atoms with van der Waals surface area (Å²) in [5, 5.41) is 2.45. The number of anilines is 1. The lowest BCUT2D eigenvalue weighted by Gasteiger charge is -2.25. The second-order valence-electron chi connectivity index (χ2n) is 4.82. The molecular formula is C16H13F2NO4. The van der Waals surface area contributed by atoms with Crippen LogP contribution in [0.15, 0.2) is 36.4 Å². The zero-order valence-electron chi connectivity index (χ0n) is 12.1. The summed E-state index contributed by atoms with van der Waals surface area (Å²) in [4.78, 5) is 12.3. The van der Waals surface area contributed by atoms with E-state index in [2.05, 4.69) is 5.32 Å². The Morgan fingerprint density at radius 3 is 2.65 bits per heavy atom. The van der Waals surface area contributed by atoms with Gasteiger partial charge in [-0.1, -0.05) is 12.1 Å². The number of hydrogen-bond acceptors (Lipinski definition) is 4. The lowest BCUT2D eigenvalue weighted by Crippen LogP contribution is -2.40. The van der Waals surface area contributed by atoms with Gasteiger partial charge in [-0.15, -0.1) is 0 Å². The smallest absolute Gasteiger partial charge is 0.269 e. The van der Waals surface area contributed by atoms with E-state index in [9.17, 15) is 13.6 Å². The number of ether oxygens (including phenoxy) is 3. The predicted molar refractivity (Wildman–Crippen MR) is 77.9 cm³/mol. The number of methoxy groups -OCH3 is 1. The number of carbonyl (C=O) groups excluding carboxylic acids is 1. The summed E-state index contributed by atoms with van der Waals surface area (Å²) in [6.07, 6.45) is -0.914. The highest BCUT2D eigenvalue weighted by Gasteiger charge is 2.28. The first-order chi connectivity index (χ1) is 11.1. The molecular weight excluding hydrogens is 308 g/mol. The number of amides is 1. The fourth-order valence-corrected chi connectivity index (χ4v) is 2.16. The maximum absolute atomic E-state index is 13.3. The second-order valence-corrected chi connectivity index (χ2v) is 4.82. The van der Waals surface area contributed by atoms with E-state index in [4.69, 9.17) is 14.2 Å². The van der Waals surface area contributed by atoms with Crippen LogP contribution in [0.2, 0.25) is 0 Å². The molecule has 1 aliphatic heterocycles. The monoisotopic (exact) mass is 321 g/mol. The molecule has 0 aliphatic carbocycles. The van der Waals surface area contributed by atoms with Crippen molar-refractivity contribution in [3.05, 3.63) is 48.0 Å². The minimum atomic E-state index is -1.09. The van der Waals surface area contributed by atoms with Crippen molar-refractivity contribution < 1.29 is 27.8 Å². The molecule has 1 heterocycles. The fraction of sp³-hybridized carbons (Fsp3) is 0.188. The van der Waals surface area contributed by atoms with Crippen LogP contribution < -0.4 is 19.5 Å². The SMILES string of the molecule is COc1cc(F)c(F)cc1NC(=O)C1COc2ccccc2O1. The second kappa shape index (κ2) is 6.12. The number of halogens is 2. The summed E-state index contributed by atoms with van der Waals surface area (Å²) >= 11 is 0. The Kier molecular flexibility index (Phi) is 4.01. The van der Waals surface area contributed by atoms with Crippen LogP contribution >= 0.6 is 0 Å². The van der Waals surface area contributed by atoms with Gasteiger partial charge < -0.3 is 19.5 Å². The molecule has 1 amide bonds. The van der Waals surface area contributed by atoms with Crippen molar-refractivity contribution in [3.8, 4) is 17.2 Å². The summed E-state index contributed by atoms with van der Waals surface area (Å²) in [5.74, 6) is -1.71. The van der Waals surface area contributed by atoms with Crippen molar-refractivity contribution in [3.63, 3.8) is 0 Å². The van der Waals surface area contributed by atoms with E-state index in [1.165, 1.54) is 7.11 Å². The number of hydrogen-bond donors (Lipinski definition) is 1. The van der Waals surface area contributed by atoms with E-state index in [0.29, 0.717) is 11.5 Å². The molecule has 1 atom stereocenters. The zero-order valence-corrected chi connectivity index (χ0v) is 12.1. The topological polar surface area (TPSA) is 56.8 Å². The highest BCUT2D eigenvalue weighted by atomic mass is 19.2. The van der Waals surface area contributed by atoms with E-state index in [0.717, 1.165) is 12.1 Å². The van der Waals surface area contributed by atoms with Gasteiger partial charge in [0.15, 0.2) is 23.1 Å². The first-order valence-electron chi connectivity index (χ1n) is 6.81. The molecule has 0 radical (unpaired) electrons. The molecule has 1 aliphatic rings. The average Bonchev–Trinajstić information content (AvgIpc) is 2.57. The number of benzene rings is 2. The normalized spacial score (nSPS) is 15.9. The number of para-hydroxylation sites is 2. The van der Waals surface area contributed by atoms with Gasteiger partial charge in [0.25, 0.3) is 5.91 Å². The van der Waals surface area contributed by atoms with Crippen LogP contribution in [-0.4, -0.2) is 25.7 Å². The van der Waals surface area contributed by atoms with Crippen LogP contribution in [-0.2, 0) is 4.79 Å². The molecule has 2 aromatic carbocycles.